The molecule has 0 unspecified atom stereocenters. The van der Waals surface area contributed by atoms with Gasteiger partial charge in [-0.15, -0.1) is 0 Å². The molecule has 88 valence electrons. The number of carbonyl (C=O) groups is 2. The molecule has 5 heteroatoms. The van der Waals surface area contributed by atoms with Gasteiger partial charge in [-0.05, 0) is 27.7 Å². The Morgan fingerprint density at radius 3 is 1.47 bits per heavy atom. The molecule has 0 aromatic carbocycles. The molecule has 15 heavy (non-hydrogen) atoms. The summed E-state index contributed by atoms with van der Waals surface area (Å²) in [6, 6.07) is 0. The van der Waals surface area contributed by atoms with Crippen molar-refractivity contribution >= 4 is 11.9 Å². The lowest BCUT2D eigenvalue weighted by Gasteiger charge is -2.08. The van der Waals surface area contributed by atoms with Crippen molar-refractivity contribution in [1.29, 1.82) is 0 Å². The summed E-state index contributed by atoms with van der Waals surface area (Å²) >= 11 is 0. The van der Waals surface area contributed by atoms with Crippen LogP contribution in [0.1, 0.15) is 27.7 Å². The van der Waals surface area contributed by atoms with Crippen molar-refractivity contribution in [3.05, 3.63) is 0 Å². The van der Waals surface area contributed by atoms with Crippen LogP contribution < -0.4 is 0 Å². The molecule has 0 rings (SSSR count). The normalized spacial score (nSPS) is 10.8. The van der Waals surface area contributed by atoms with E-state index < -0.39 is 11.9 Å². The monoisotopic (exact) mass is 218 g/mol. The fourth-order valence-electron chi connectivity index (χ4n) is 0.655. The van der Waals surface area contributed by atoms with Crippen molar-refractivity contribution in [1.82, 2.24) is 0 Å². The molecule has 0 aromatic rings. The fourth-order valence-corrected chi connectivity index (χ4v) is 0.655. The highest BCUT2D eigenvalue weighted by atomic mass is 16.6. The smallest absolute Gasteiger partial charge is 0.339 e. The van der Waals surface area contributed by atoms with Crippen LogP contribution in [-0.4, -0.2) is 37.4 Å². The van der Waals surface area contributed by atoms with Gasteiger partial charge >= 0.3 is 11.9 Å². The number of carbonyl (C=O) groups excluding carboxylic acids is 2. The molecule has 0 heterocycles. The molecule has 0 fully saturated rings. The minimum absolute atomic E-state index is 0.0698. The second kappa shape index (κ2) is 7.36. The van der Waals surface area contributed by atoms with Gasteiger partial charge in [-0.3, -0.25) is 0 Å². The first-order valence-corrected chi connectivity index (χ1v) is 4.88. The summed E-state index contributed by atoms with van der Waals surface area (Å²) in [6.07, 6.45) is -0.140. The number of ether oxygens (including phenoxy) is 3. The summed E-state index contributed by atoms with van der Waals surface area (Å²) in [5, 5.41) is 0. The molecule has 0 aliphatic rings. The van der Waals surface area contributed by atoms with Gasteiger partial charge in [-0.2, -0.15) is 0 Å². The maximum atomic E-state index is 11.0. The number of rotatable bonds is 6. The number of hydrogen-bond donors (Lipinski definition) is 0. The summed E-state index contributed by atoms with van der Waals surface area (Å²) < 4.78 is 14.3. The average Bonchev–Trinajstić information content (AvgIpc) is 2.11. The third kappa shape index (κ3) is 9.37. The minimum atomic E-state index is -0.693. The summed E-state index contributed by atoms with van der Waals surface area (Å²) in [7, 11) is 0. The lowest BCUT2D eigenvalue weighted by Crippen LogP contribution is -2.23. The van der Waals surface area contributed by atoms with Gasteiger partial charge in [0.05, 0.1) is 12.2 Å². The van der Waals surface area contributed by atoms with Crippen LogP contribution in [0.2, 0.25) is 0 Å². The van der Waals surface area contributed by atoms with Crippen molar-refractivity contribution in [2.45, 2.75) is 39.9 Å². The molecule has 0 saturated heterocycles. The second-order valence-corrected chi connectivity index (χ2v) is 3.57. The topological polar surface area (TPSA) is 61.8 Å². The van der Waals surface area contributed by atoms with Gasteiger partial charge in [0, 0.05) is 0 Å². The van der Waals surface area contributed by atoms with E-state index in [1.807, 2.05) is 0 Å². The molecular weight excluding hydrogens is 200 g/mol. The molecule has 0 atom stereocenters. The van der Waals surface area contributed by atoms with Crippen molar-refractivity contribution < 1.29 is 23.8 Å². The first-order valence-electron chi connectivity index (χ1n) is 4.88. The van der Waals surface area contributed by atoms with E-state index in [0.717, 1.165) is 0 Å². The van der Waals surface area contributed by atoms with E-state index in [1.54, 1.807) is 27.7 Å². The Balaban J connectivity index is 3.63. The van der Waals surface area contributed by atoms with Crippen molar-refractivity contribution in [3.8, 4) is 0 Å². The molecular formula is C10H18O5. The van der Waals surface area contributed by atoms with Crippen LogP contribution in [0.5, 0.6) is 0 Å². The van der Waals surface area contributed by atoms with Crippen LogP contribution in [0, 0.1) is 0 Å². The van der Waals surface area contributed by atoms with E-state index in [4.69, 9.17) is 9.47 Å². The highest BCUT2D eigenvalue weighted by Crippen LogP contribution is 1.92. The summed E-state index contributed by atoms with van der Waals surface area (Å²) in [4.78, 5) is 22.0. The highest BCUT2D eigenvalue weighted by Gasteiger charge is 2.11. The Hall–Kier alpha value is -0.940. The Labute approximate surface area is 89.7 Å². The summed E-state index contributed by atoms with van der Waals surface area (Å²) in [5.74, 6) is -1.39. The Bertz CT molecular complexity index is 188. The first kappa shape index (κ1) is 14.1. The second-order valence-electron chi connectivity index (χ2n) is 3.57. The van der Waals surface area contributed by atoms with Crippen LogP contribution in [0.4, 0.5) is 0 Å². The van der Waals surface area contributed by atoms with Crippen molar-refractivity contribution in [3.63, 3.8) is 0 Å². The van der Waals surface area contributed by atoms with Crippen LogP contribution in [0.15, 0.2) is 0 Å². The predicted molar refractivity (Wildman–Crippen MR) is 53.3 cm³/mol. The van der Waals surface area contributed by atoms with Crippen LogP contribution in [-0.2, 0) is 23.8 Å². The van der Waals surface area contributed by atoms with Gasteiger partial charge < -0.3 is 14.2 Å². The maximum absolute atomic E-state index is 11.0. The zero-order chi connectivity index (χ0) is 11.8. The van der Waals surface area contributed by atoms with Gasteiger partial charge in [-0.25, -0.2) is 9.59 Å². The van der Waals surface area contributed by atoms with E-state index in [9.17, 15) is 9.59 Å². The van der Waals surface area contributed by atoms with Crippen LogP contribution in [0.3, 0.4) is 0 Å². The fraction of sp³-hybridized carbons (Fsp3) is 0.800. The van der Waals surface area contributed by atoms with E-state index >= 15 is 0 Å². The third-order valence-corrected chi connectivity index (χ3v) is 1.30. The molecule has 0 bridgehead atoms. The Morgan fingerprint density at radius 2 is 1.20 bits per heavy atom. The molecule has 0 aliphatic heterocycles. The average molecular weight is 218 g/mol. The van der Waals surface area contributed by atoms with Gasteiger partial charge in [0.2, 0.25) is 0 Å². The molecule has 0 aromatic heterocycles. The molecule has 0 radical (unpaired) electrons. The largest absolute Gasteiger partial charge is 0.390 e. The molecule has 0 aliphatic carbocycles. The summed E-state index contributed by atoms with van der Waals surface area (Å²) in [5.41, 5.74) is 0. The quantitative estimate of drug-likeness (QED) is 0.489. The lowest BCUT2D eigenvalue weighted by atomic mass is 10.5. The minimum Gasteiger partial charge on any atom is -0.390 e. The van der Waals surface area contributed by atoms with Gasteiger partial charge in [0.25, 0.3) is 0 Å². The highest BCUT2D eigenvalue weighted by molar-refractivity contribution is 5.86. The maximum Gasteiger partial charge on any atom is 0.339 e. The van der Waals surface area contributed by atoms with E-state index in [2.05, 4.69) is 4.74 Å². The molecule has 0 spiro atoms. The zero-order valence-electron chi connectivity index (χ0n) is 9.61. The van der Waals surface area contributed by atoms with Crippen molar-refractivity contribution in [2.24, 2.45) is 0 Å². The first-order chi connectivity index (χ1) is 6.91. The van der Waals surface area contributed by atoms with Gasteiger partial charge in [-0.1, -0.05) is 0 Å². The molecule has 0 N–H and O–H groups in total. The van der Waals surface area contributed by atoms with Gasteiger partial charge in [0.1, 0.15) is 13.2 Å². The van der Waals surface area contributed by atoms with E-state index in [-0.39, 0.29) is 25.4 Å². The Kier molecular flexibility index (Phi) is 6.90. The predicted octanol–water partition coefficient (Wildman–Crippen LogP) is 0.906. The van der Waals surface area contributed by atoms with Crippen molar-refractivity contribution in [2.75, 3.05) is 13.2 Å². The summed E-state index contributed by atoms with van der Waals surface area (Å²) in [6.45, 7) is 6.72. The third-order valence-electron chi connectivity index (χ3n) is 1.30. The van der Waals surface area contributed by atoms with Gasteiger partial charge in [0.15, 0.2) is 0 Å². The lowest BCUT2D eigenvalue weighted by molar-refractivity contribution is -0.167. The Morgan fingerprint density at radius 1 is 0.867 bits per heavy atom. The van der Waals surface area contributed by atoms with E-state index in [1.165, 1.54) is 0 Å². The number of hydrogen-bond acceptors (Lipinski definition) is 5. The standard InChI is InChI=1S/C10H18O5/c1-7(2)13-5-9(11)15-10(12)6-14-8(3)4/h7-8H,5-6H2,1-4H3. The van der Waals surface area contributed by atoms with Crippen LogP contribution >= 0.6 is 0 Å². The van der Waals surface area contributed by atoms with Crippen LogP contribution in [0.25, 0.3) is 0 Å². The molecule has 5 nitrogen and oxygen atoms in total. The number of esters is 2. The zero-order valence-corrected chi connectivity index (χ0v) is 9.61. The SMILES string of the molecule is CC(C)OCC(=O)OC(=O)COC(C)C. The molecule has 0 saturated carbocycles. The van der Waals surface area contributed by atoms with E-state index in [0.29, 0.717) is 0 Å². The molecule has 0 amide bonds.